The minimum absolute atomic E-state index is 0.0417. The van der Waals surface area contributed by atoms with Crippen LogP contribution in [0.25, 0.3) is 0 Å². The zero-order valence-electron chi connectivity index (χ0n) is 15.7. The molecule has 0 amide bonds. The average molecular weight is 464 g/mol. The van der Waals surface area contributed by atoms with Gasteiger partial charge in [-0.1, -0.05) is 0 Å². The van der Waals surface area contributed by atoms with Gasteiger partial charge < -0.3 is 5.11 Å². The summed E-state index contributed by atoms with van der Waals surface area (Å²) in [5.74, 6) is 0.0417. The number of hydrogen-bond acceptors (Lipinski definition) is 11. The third-order valence-corrected chi connectivity index (χ3v) is 6.06. The Morgan fingerprint density at radius 3 is 1.79 bits per heavy atom. The first-order valence-electron chi connectivity index (χ1n) is 7.85. The molecular formula is C16H21N3O5S4. The first-order chi connectivity index (χ1) is 13.1. The number of carbonyl (C=O) groups excluding carboxylic acids is 1. The van der Waals surface area contributed by atoms with E-state index in [9.17, 15) is 13.2 Å². The molecule has 3 heterocycles. The standard InChI is InChI=1S/C6H9NO3S2.C5H7NOS.C5H5NOS/c1-5(10-12(2,8)9)6-7-3-4-11-6;2*1-4(7)5-6-2-3-8-5/h3-5H,1-2H3;2-4,7H,1H3;2-3H,1H3. The molecule has 3 aromatic heterocycles. The minimum Gasteiger partial charge on any atom is -0.386 e. The third kappa shape index (κ3) is 10.1. The summed E-state index contributed by atoms with van der Waals surface area (Å²) < 4.78 is 26.1. The summed E-state index contributed by atoms with van der Waals surface area (Å²) in [4.78, 5) is 22.1. The zero-order valence-corrected chi connectivity index (χ0v) is 18.9. The van der Waals surface area contributed by atoms with E-state index in [1.807, 2.05) is 5.38 Å². The van der Waals surface area contributed by atoms with Gasteiger partial charge in [0.2, 0.25) is 0 Å². The highest BCUT2D eigenvalue weighted by Crippen LogP contribution is 2.20. The van der Waals surface area contributed by atoms with Gasteiger partial charge in [0.25, 0.3) is 10.1 Å². The normalized spacial score (nSPS) is 12.8. The molecule has 154 valence electrons. The van der Waals surface area contributed by atoms with Crippen LogP contribution in [0.3, 0.4) is 0 Å². The molecule has 0 aromatic carbocycles. The molecular weight excluding hydrogens is 442 g/mol. The second-order valence-corrected chi connectivity index (χ2v) is 9.60. The van der Waals surface area contributed by atoms with Crippen molar-refractivity contribution in [1.82, 2.24) is 15.0 Å². The number of aliphatic hydroxyl groups is 1. The van der Waals surface area contributed by atoms with Crippen molar-refractivity contribution in [1.29, 1.82) is 0 Å². The van der Waals surface area contributed by atoms with Crippen LogP contribution < -0.4 is 0 Å². The predicted octanol–water partition coefficient (Wildman–Crippen LogP) is 3.72. The molecule has 2 atom stereocenters. The second-order valence-electron chi connectivity index (χ2n) is 5.25. The van der Waals surface area contributed by atoms with Crippen LogP contribution in [-0.4, -0.2) is 40.5 Å². The van der Waals surface area contributed by atoms with E-state index < -0.39 is 22.3 Å². The highest BCUT2D eigenvalue weighted by molar-refractivity contribution is 7.86. The molecule has 3 aromatic rings. The quantitative estimate of drug-likeness (QED) is 0.449. The molecule has 2 unspecified atom stereocenters. The molecule has 8 nitrogen and oxygen atoms in total. The monoisotopic (exact) mass is 463 g/mol. The van der Waals surface area contributed by atoms with Gasteiger partial charge in [0, 0.05) is 41.7 Å². The van der Waals surface area contributed by atoms with Crippen LogP contribution in [-0.2, 0) is 14.3 Å². The maximum Gasteiger partial charge on any atom is 0.265 e. The molecule has 12 heteroatoms. The van der Waals surface area contributed by atoms with Crippen molar-refractivity contribution in [3.05, 3.63) is 49.8 Å². The Labute approximate surface area is 176 Å². The zero-order chi connectivity index (χ0) is 21.2. The number of Topliss-reactive ketones (excluding diaryl/α,β-unsaturated/α-hetero) is 1. The molecule has 0 aliphatic heterocycles. The number of rotatable bonds is 5. The summed E-state index contributed by atoms with van der Waals surface area (Å²) in [5.41, 5.74) is 0. The van der Waals surface area contributed by atoms with E-state index in [4.69, 9.17) is 9.29 Å². The molecule has 0 aliphatic rings. The van der Waals surface area contributed by atoms with E-state index in [-0.39, 0.29) is 5.78 Å². The highest BCUT2D eigenvalue weighted by Gasteiger charge is 2.14. The van der Waals surface area contributed by atoms with Crippen LogP contribution in [0.5, 0.6) is 0 Å². The molecule has 0 bridgehead atoms. The van der Waals surface area contributed by atoms with Crippen molar-refractivity contribution in [3.8, 4) is 0 Å². The minimum atomic E-state index is -3.38. The van der Waals surface area contributed by atoms with Crippen LogP contribution in [0.2, 0.25) is 0 Å². The summed E-state index contributed by atoms with van der Waals surface area (Å²) in [6.45, 7) is 4.87. The molecule has 0 aliphatic carbocycles. The van der Waals surface area contributed by atoms with Crippen molar-refractivity contribution >= 4 is 49.9 Å². The number of ketones is 1. The van der Waals surface area contributed by atoms with Gasteiger partial charge in [-0.15, -0.1) is 34.0 Å². The molecule has 3 rings (SSSR count). The van der Waals surface area contributed by atoms with Gasteiger partial charge in [0.15, 0.2) is 10.8 Å². The fraction of sp³-hybridized carbons (Fsp3) is 0.375. The van der Waals surface area contributed by atoms with Gasteiger partial charge in [-0.25, -0.2) is 15.0 Å². The molecule has 0 radical (unpaired) electrons. The van der Waals surface area contributed by atoms with Gasteiger partial charge in [-0.3, -0.25) is 8.98 Å². The summed E-state index contributed by atoms with van der Waals surface area (Å²) in [7, 11) is -3.38. The molecule has 0 saturated heterocycles. The van der Waals surface area contributed by atoms with Crippen molar-refractivity contribution in [3.63, 3.8) is 0 Å². The highest BCUT2D eigenvalue weighted by atomic mass is 32.2. The molecule has 0 spiro atoms. The number of aliphatic hydroxyl groups excluding tert-OH is 1. The Hall–Kier alpha value is -1.57. The second kappa shape index (κ2) is 12.1. The van der Waals surface area contributed by atoms with E-state index >= 15 is 0 Å². The molecule has 1 N–H and O–H groups in total. The van der Waals surface area contributed by atoms with E-state index in [1.165, 1.54) is 40.9 Å². The predicted molar refractivity (Wildman–Crippen MR) is 111 cm³/mol. The smallest absolute Gasteiger partial charge is 0.265 e. The van der Waals surface area contributed by atoms with Crippen LogP contribution in [0.4, 0.5) is 0 Å². The number of aromatic nitrogens is 3. The number of carbonyl (C=O) groups is 1. The SMILES string of the molecule is CC(=O)c1nccs1.CC(O)c1nccs1.CC(OS(C)(=O)=O)c1nccs1. The lowest BCUT2D eigenvalue weighted by Crippen LogP contribution is -2.06. The van der Waals surface area contributed by atoms with Gasteiger partial charge in [0.1, 0.15) is 22.2 Å². The third-order valence-electron chi connectivity index (χ3n) is 2.66. The van der Waals surface area contributed by atoms with E-state index in [0.717, 1.165) is 11.3 Å². The lowest BCUT2D eigenvalue weighted by Gasteiger charge is -2.06. The van der Waals surface area contributed by atoms with Crippen molar-refractivity contribution < 1.29 is 22.5 Å². The van der Waals surface area contributed by atoms with Crippen LogP contribution >= 0.6 is 34.0 Å². The number of thiazole rings is 3. The largest absolute Gasteiger partial charge is 0.386 e. The van der Waals surface area contributed by atoms with Gasteiger partial charge in [0.05, 0.1) is 6.26 Å². The average Bonchev–Trinajstić information content (AvgIpc) is 3.37. The first-order valence-corrected chi connectivity index (χ1v) is 12.3. The van der Waals surface area contributed by atoms with E-state index in [2.05, 4.69) is 15.0 Å². The summed E-state index contributed by atoms with van der Waals surface area (Å²) in [6.07, 6.45) is 5.06. The van der Waals surface area contributed by atoms with Crippen molar-refractivity contribution in [2.45, 2.75) is 33.0 Å². The van der Waals surface area contributed by atoms with Crippen LogP contribution in [0, 0.1) is 0 Å². The Morgan fingerprint density at radius 2 is 1.50 bits per heavy atom. The fourth-order valence-electron chi connectivity index (χ4n) is 1.58. The van der Waals surface area contributed by atoms with Crippen molar-refractivity contribution in [2.75, 3.05) is 6.26 Å². The molecule has 28 heavy (non-hydrogen) atoms. The molecule has 0 fully saturated rings. The van der Waals surface area contributed by atoms with Crippen molar-refractivity contribution in [2.24, 2.45) is 0 Å². The Morgan fingerprint density at radius 1 is 1.00 bits per heavy atom. The maximum absolute atomic E-state index is 10.7. The summed E-state index contributed by atoms with van der Waals surface area (Å²) >= 11 is 4.21. The molecule has 0 saturated carbocycles. The van der Waals surface area contributed by atoms with Gasteiger partial charge >= 0.3 is 0 Å². The lowest BCUT2D eigenvalue weighted by atomic mass is 10.4. The van der Waals surface area contributed by atoms with E-state index in [1.54, 1.807) is 43.2 Å². The maximum atomic E-state index is 10.7. The Kier molecular flexibility index (Phi) is 10.6. The van der Waals surface area contributed by atoms with Crippen LogP contribution in [0.1, 0.15) is 52.8 Å². The topological polar surface area (TPSA) is 119 Å². The van der Waals surface area contributed by atoms with Gasteiger partial charge in [-0.2, -0.15) is 8.42 Å². The van der Waals surface area contributed by atoms with E-state index in [0.29, 0.717) is 10.0 Å². The Balaban J connectivity index is 0.000000217. The lowest BCUT2D eigenvalue weighted by molar-refractivity contribution is 0.101. The van der Waals surface area contributed by atoms with Crippen LogP contribution in [0.15, 0.2) is 34.7 Å². The Bertz CT molecular complexity index is 892. The number of nitrogens with zero attached hydrogens (tertiary/aromatic N) is 3. The fourth-order valence-corrected chi connectivity index (χ4v) is 3.99. The first kappa shape index (κ1) is 24.5. The van der Waals surface area contributed by atoms with Gasteiger partial charge in [-0.05, 0) is 13.8 Å². The summed E-state index contributed by atoms with van der Waals surface area (Å²) in [5, 5.41) is 16.3. The summed E-state index contributed by atoms with van der Waals surface area (Å²) in [6, 6.07) is 0. The number of hydrogen-bond donors (Lipinski definition) is 1.